The average molecular weight is 404 g/mol. The van der Waals surface area contributed by atoms with Gasteiger partial charge < -0.3 is 10.1 Å². The molecule has 0 radical (unpaired) electrons. The number of nitrogens with one attached hydrogen (secondary N) is 1. The van der Waals surface area contributed by atoms with E-state index in [0.717, 1.165) is 18.4 Å². The molecule has 5 atom stereocenters. The summed E-state index contributed by atoms with van der Waals surface area (Å²) in [4.78, 5) is 25.7. The third kappa shape index (κ3) is 2.70. The van der Waals surface area contributed by atoms with Crippen LogP contribution in [0.4, 0.5) is 0 Å². The molecule has 28 heavy (non-hydrogen) atoms. The molecule has 1 saturated heterocycles. The first-order chi connectivity index (χ1) is 13.1. The number of ether oxygens (including phenoxy) is 1. The summed E-state index contributed by atoms with van der Waals surface area (Å²) < 4.78 is 30.0. The summed E-state index contributed by atoms with van der Waals surface area (Å²) in [5, 5.41) is 3.00. The predicted molar refractivity (Wildman–Crippen MR) is 103 cm³/mol. The molecule has 2 aliphatic carbocycles. The number of carbonyl (C=O) groups excluding carboxylic acids is 2. The van der Waals surface area contributed by atoms with Crippen LogP contribution in [0.3, 0.4) is 0 Å². The highest BCUT2D eigenvalue weighted by Crippen LogP contribution is 2.65. The summed E-state index contributed by atoms with van der Waals surface area (Å²) in [6.07, 6.45) is 2.43. The first kappa shape index (κ1) is 18.2. The normalized spacial score (nSPS) is 39.9. The van der Waals surface area contributed by atoms with Gasteiger partial charge in [0.05, 0.1) is 29.0 Å². The maximum Gasteiger partial charge on any atom is 0.224 e. The molecule has 4 aliphatic rings. The Kier molecular flexibility index (Phi) is 3.62. The minimum absolute atomic E-state index is 0.000643. The molecule has 7 heteroatoms. The smallest absolute Gasteiger partial charge is 0.224 e. The Balaban J connectivity index is 1.35. The minimum Gasteiger partial charge on any atom is -0.486 e. The van der Waals surface area contributed by atoms with Crippen LogP contribution in [0.25, 0.3) is 0 Å². The van der Waals surface area contributed by atoms with Crippen molar-refractivity contribution in [3.05, 3.63) is 29.3 Å². The van der Waals surface area contributed by atoms with E-state index >= 15 is 0 Å². The fraction of sp³-hybridized carbons (Fsp3) is 0.619. The van der Waals surface area contributed by atoms with Gasteiger partial charge in [-0.05, 0) is 51.2 Å². The van der Waals surface area contributed by atoms with E-state index in [2.05, 4.69) is 5.32 Å². The van der Waals surface area contributed by atoms with Gasteiger partial charge in [0.15, 0.2) is 15.6 Å². The standard InChI is InChI=1S/C21H25NO5S/c1-12-3-4-16-14(9-12)15(23)10-21(27-16)6-5-13-17(18(13)21)19(24)22-20(2)7-8-28(25,26)11-20/h3-4,9,13,17-18H,5-8,10-11H2,1-2H3,(H,22,24). The molecule has 5 unspecified atom stereocenters. The molecule has 1 N–H and O–H groups in total. The van der Waals surface area contributed by atoms with Gasteiger partial charge in [-0.25, -0.2) is 8.42 Å². The van der Waals surface area contributed by atoms with Crippen LogP contribution in [0, 0.1) is 24.7 Å². The quantitative estimate of drug-likeness (QED) is 0.816. The molecule has 5 rings (SSSR count). The topological polar surface area (TPSA) is 89.5 Å². The van der Waals surface area contributed by atoms with E-state index in [-0.39, 0.29) is 40.9 Å². The van der Waals surface area contributed by atoms with E-state index in [1.54, 1.807) is 0 Å². The van der Waals surface area contributed by atoms with Crippen LogP contribution in [0.15, 0.2) is 18.2 Å². The number of carbonyl (C=O) groups is 2. The van der Waals surface area contributed by atoms with Crippen molar-refractivity contribution >= 4 is 21.5 Å². The van der Waals surface area contributed by atoms with E-state index in [9.17, 15) is 18.0 Å². The summed E-state index contributed by atoms with van der Waals surface area (Å²) >= 11 is 0. The molecule has 1 spiro atoms. The lowest BCUT2D eigenvalue weighted by molar-refractivity contribution is -0.125. The van der Waals surface area contributed by atoms with Crippen molar-refractivity contribution in [2.75, 3.05) is 11.5 Å². The highest BCUT2D eigenvalue weighted by molar-refractivity contribution is 7.91. The number of hydrogen-bond acceptors (Lipinski definition) is 5. The van der Waals surface area contributed by atoms with Gasteiger partial charge in [-0.3, -0.25) is 9.59 Å². The van der Waals surface area contributed by atoms with Crippen LogP contribution in [0.5, 0.6) is 5.75 Å². The number of hydrogen-bond donors (Lipinski definition) is 1. The van der Waals surface area contributed by atoms with Crippen LogP contribution in [-0.2, 0) is 14.6 Å². The van der Waals surface area contributed by atoms with Gasteiger partial charge >= 0.3 is 0 Å². The molecule has 1 amide bonds. The zero-order valence-corrected chi connectivity index (χ0v) is 17.0. The number of Topliss-reactive ketones (excluding diaryl/α,β-unsaturated/α-hetero) is 1. The minimum atomic E-state index is -3.08. The van der Waals surface area contributed by atoms with E-state index < -0.39 is 21.0 Å². The Morgan fingerprint density at radius 2 is 2.07 bits per heavy atom. The van der Waals surface area contributed by atoms with Crippen molar-refractivity contribution in [1.82, 2.24) is 5.32 Å². The zero-order valence-electron chi connectivity index (χ0n) is 16.2. The summed E-state index contributed by atoms with van der Waals surface area (Å²) in [6.45, 7) is 3.76. The van der Waals surface area contributed by atoms with Gasteiger partial charge in [-0.15, -0.1) is 0 Å². The number of fused-ring (bicyclic) bond motifs is 3. The van der Waals surface area contributed by atoms with Crippen molar-refractivity contribution in [3.63, 3.8) is 0 Å². The van der Waals surface area contributed by atoms with Crippen molar-refractivity contribution < 1.29 is 22.7 Å². The summed E-state index contributed by atoms with van der Waals surface area (Å²) in [6, 6.07) is 5.67. The second kappa shape index (κ2) is 5.59. The third-order valence-corrected chi connectivity index (χ3v) is 9.02. The maximum absolute atomic E-state index is 12.9. The fourth-order valence-corrected chi connectivity index (χ4v) is 7.87. The van der Waals surface area contributed by atoms with Gasteiger partial charge in [0.25, 0.3) is 0 Å². The third-order valence-electron chi connectivity index (χ3n) is 7.12. The molecule has 6 nitrogen and oxygen atoms in total. The lowest BCUT2D eigenvalue weighted by Crippen LogP contribution is -2.49. The Morgan fingerprint density at radius 1 is 1.29 bits per heavy atom. The summed E-state index contributed by atoms with van der Waals surface area (Å²) in [5.74, 6) is 0.828. The maximum atomic E-state index is 12.9. The van der Waals surface area contributed by atoms with Gasteiger partial charge in [0, 0.05) is 11.8 Å². The highest BCUT2D eigenvalue weighted by Gasteiger charge is 2.70. The number of sulfone groups is 1. The molecule has 150 valence electrons. The molecule has 3 fully saturated rings. The predicted octanol–water partition coefficient (Wildman–Crippen LogP) is 2.05. The molecular weight excluding hydrogens is 378 g/mol. The number of aryl methyl sites for hydroxylation is 1. The first-order valence-electron chi connectivity index (χ1n) is 9.97. The zero-order chi connectivity index (χ0) is 19.9. The Labute approximate surface area is 164 Å². The average Bonchev–Trinajstić information content (AvgIpc) is 3.16. The Morgan fingerprint density at radius 3 is 2.79 bits per heavy atom. The van der Waals surface area contributed by atoms with Gasteiger partial charge in [-0.2, -0.15) is 0 Å². The van der Waals surface area contributed by atoms with E-state index in [1.807, 2.05) is 32.0 Å². The summed E-state index contributed by atoms with van der Waals surface area (Å²) in [5.41, 5.74) is 0.390. The van der Waals surface area contributed by atoms with Crippen molar-refractivity contribution in [2.45, 2.75) is 50.7 Å². The number of amides is 1. The molecule has 2 heterocycles. The van der Waals surface area contributed by atoms with Crippen molar-refractivity contribution in [3.8, 4) is 5.75 Å². The Hall–Kier alpha value is -1.89. The second-order valence-corrected chi connectivity index (χ2v) is 11.6. The molecule has 1 aromatic rings. The molecule has 1 aromatic carbocycles. The molecule has 2 saturated carbocycles. The molecular formula is C21H25NO5S. The summed E-state index contributed by atoms with van der Waals surface area (Å²) in [7, 11) is -3.08. The van der Waals surface area contributed by atoms with E-state index in [0.29, 0.717) is 24.2 Å². The number of benzene rings is 1. The Bertz CT molecular complexity index is 1000. The molecule has 0 aromatic heterocycles. The largest absolute Gasteiger partial charge is 0.486 e. The molecule has 2 aliphatic heterocycles. The van der Waals surface area contributed by atoms with Crippen LogP contribution in [0.2, 0.25) is 0 Å². The highest BCUT2D eigenvalue weighted by atomic mass is 32.2. The van der Waals surface area contributed by atoms with Crippen LogP contribution < -0.4 is 10.1 Å². The van der Waals surface area contributed by atoms with Crippen LogP contribution in [-0.4, -0.2) is 42.8 Å². The lowest BCUT2D eigenvalue weighted by Gasteiger charge is -2.37. The van der Waals surface area contributed by atoms with Crippen molar-refractivity contribution in [2.24, 2.45) is 17.8 Å². The first-order valence-corrected chi connectivity index (χ1v) is 11.8. The van der Waals surface area contributed by atoms with E-state index in [1.165, 1.54) is 0 Å². The van der Waals surface area contributed by atoms with Gasteiger partial charge in [0.1, 0.15) is 11.4 Å². The monoisotopic (exact) mass is 403 g/mol. The van der Waals surface area contributed by atoms with E-state index in [4.69, 9.17) is 4.74 Å². The number of rotatable bonds is 2. The van der Waals surface area contributed by atoms with Gasteiger partial charge in [-0.1, -0.05) is 11.6 Å². The lowest BCUT2D eigenvalue weighted by atomic mass is 9.83. The fourth-order valence-electron chi connectivity index (χ4n) is 5.77. The SMILES string of the molecule is Cc1ccc2c(c1)C(=O)CC1(CCC3C(C(=O)NC4(C)CCS(=O)(=O)C4)C31)O2. The van der Waals surface area contributed by atoms with Crippen LogP contribution >= 0.6 is 0 Å². The molecule has 0 bridgehead atoms. The van der Waals surface area contributed by atoms with Crippen LogP contribution in [0.1, 0.15) is 48.5 Å². The van der Waals surface area contributed by atoms with Gasteiger partial charge in [0.2, 0.25) is 5.91 Å². The van der Waals surface area contributed by atoms with Crippen molar-refractivity contribution in [1.29, 1.82) is 0 Å². The number of ketones is 1. The second-order valence-electron chi connectivity index (χ2n) is 9.41.